The van der Waals surface area contributed by atoms with E-state index in [0.717, 1.165) is 31.4 Å². The van der Waals surface area contributed by atoms with Gasteiger partial charge in [-0.3, -0.25) is 14.8 Å². The van der Waals surface area contributed by atoms with E-state index in [1.54, 1.807) is 18.3 Å². The predicted molar refractivity (Wildman–Crippen MR) is 114 cm³/mol. The molecule has 140 valence electrons. The van der Waals surface area contributed by atoms with Gasteiger partial charge >= 0.3 is 5.69 Å². The maximum Gasteiger partial charge on any atom is 0.335 e. The van der Waals surface area contributed by atoms with Crippen molar-refractivity contribution in [2.24, 2.45) is 4.99 Å². The summed E-state index contributed by atoms with van der Waals surface area (Å²) in [4.78, 5) is 31.4. The summed E-state index contributed by atoms with van der Waals surface area (Å²) in [6.45, 7) is 3.87. The van der Waals surface area contributed by atoms with E-state index in [1.807, 2.05) is 38.1 Å². The molecule has 28 heavy (non-hydrogen) atoms. The Labute approximate surface area is 168 Å². The Hall–Kier alpha value is -3.19. The number of nitrogens with one attached hydrogen (secondary N) is 1. The molecule has 0 atom stereocenters. The summed E-state index contributed by atoms with van der Waals surface area (Å²) in [5.41, 5.74) is 3.41. The number of aryl methyl sites for hydroxylation is 2. The molecule has 2 heterocycles. The smallest absolute Gasteiger partial charge is 0.335 e. The van der Waals surface area contributed by atoms with Crippen LogP contribution in [-0.2, 0) is 0 Å². The first-order valence-corrected chi connectivity index (χ1v) is 9.36. The Bertz CT molecular complexity index is 1300. The number of hydrogen-bond donors (Lipinski definition) is 2. The van der Waals surface area contributed by atoms with Gasteiger partial charge in [-0.2, -0.15) is 0 Å². The normalized spacial score (nSPS) is 13.9. The van der Waals surface area contributed by atoms with E-state index in [2.05, 4.69) is 25.9 Å². The lowest BCUT2D eigenvalue weighted by Gasteiger charge is -2.12. The summed E-state index contributed by atoms with van der Waals surface area (Å²) in [5.74, 6) is -0.415. The van der Waals surface area contributed by atoms with Gasteiger partial charge in [0.15, 0.2) is 0 Å². The number of halogens is 1. The molecule has 3 aromatic rings. The second kappa shape index (κ2) is 6.76. The number of aromatic hydroxyl groups is 1. The fourth-order valence-corrected chi connectivity index (χ4v) is 3.47. The minimum atomic E-state index is -0.698. The lowest BCUT2D eigenvalue weighted by molar-refractivity contribution is 0.429. The Morgan fingerprint density at radius 3 is 2.64 bits per heavy atom. The van der Waals surface area contributed by atoms with Crippen molar-refractivity contribution in [3.8, 4) is 11.6 Å². The predicted octanol–water partition coefficient (Wildman–Crippen LogP) is 3.87. The first-order valence-electron chi connectivity index (χ1n) is 8.57. The number of aromatic nitrogens is 2. The maximum absolute atomic E-state index is 12.4. The number of aromatic amines is 1. The number of aliphatic imine (C=N–C) groups is 1. The third-order valence-corrected chi connectivity index (χ3v) is 5.27. The molecule has 0 spiro atoms. The topological polar surface area (TPSA) is 87.4 Å². The Balaban J connectivity index is 1.92. The van der Waals surface area contributed by atoms with E-state index in [9.17, 15) is 14.7 Å². The first kappa shape index (κ1) is 18.2. The summed E-state index contributed by atoms with van der Waals surface area (Å²) in [5, 5.41) is 10.8. The van der Waals surface area contributed by atoms with E-state index in [1.165, 1.54) is 6.08 Å². The third kappa shape index (κ3) is 3.03. The van der Waals surface area contributed by atoms with E-state index in [4.69, 9.17) is 0 Å². The maximum atomic E-state index is 12.4. The lowest BCUT2D eigenvalue weighted by atomic mass is 10.1. The van der Waals surface area contributed by atoms with Gasteiger partial charge in [0, 0.05) is 21.8 Å². The van der Waals surface area contributed by atoms with Crippen LogP contribution in [0.4, 0.5) is 5.69 Å². The molecule has 0 saturated carbocycles. The fraction of sp³-hybridized carbons (Fsp3) is 0.0952. The fourth-order valence-electron chi connectivity index (χ4n) is 3.10. The van der Waals surface area contributed by atoms with Gasteiger partial charge < -0.3 is 5.11 Å². The zero-order valence-corrected chi connectivity index (χ0v) is 16.7. The van der Waals surface area contributed by atoms with Crippen molar-refractivity contribution in [1.82, 2.24) is 9.55 Å². The highest BCUT2D eigenvalue weighted by Gasteiger charge is 2.18. The quantitative estimate of drug-likeness (QED) is 0.637. The van der Waals surface area contributed by atoms with Crippen LogP contribution in [0.1, 0.15) is 22.3 Å². The summed E-state index contributed by atoms with van der Waals surface area (Å²) < 4.78 is 1.97. The van der Waals surface area contributed by atoms with Crippen LogP contribution >= 0.6 is 15.9 Å². The number of H-pyrrole nitrogens is 1. The van der Waals surface area contributed by atoms with Crippen LogP contribution in [0.5, 0.6) is 5.88 Å². The van der Waals surface area contributed by atoms with E-state index in [-0.39, 0.29) is 5.56 Å². The molecule has 0 amide bonds. The van der Waals surface area contributed by atoms with Crippen molar-refractivity contribution in [1.29, 1.82) is 0 Å². The molecule has 1 aliphatic heterocycles. The molecule has 4 rings (SSSR count). The second-order valence-electron chi connectivity index (χ2n) is 6.62. The molecule has 0 bridgehead atoms. The van der Waals surface area contributed by atoms with Crippen molar-refractivity contribution in [3.05, 3.63) is 84.0 Å². The Kier molecular flexibility index (Phi) is 4.39. The lowest BCUT2D eigenvalue weighted by Crippen LogP contribution is -2.30. The van der Waals surface area contributed by atoms with Crippen LogP contribution < -0.4 is 11.2 Å². The highest BCUT2D eigenvalue weighted by atomic mass is 79.9. The van der Waals surface area contributed by atoms with Crippen molar-refractivity contribution in [2.75, 3.05) is 0 Å². The molecular weight excluding hydrogens is 422 g/mol. The minimum Gasteiger partial charge on any atom is -0.494 e. The van der Waals surface area contributed by atoms with Crippen LogP contribution in [0.25, 0.3) is 17.3 Å². The SMILES string of the molecule is Cc1ccc(-n2c(O)c(/C=C3\C=Nc4ccc(Br)cc43)c(=O)[nH]c2=O)cc1C. The zero-order chi connectivity index (χ0) is 20.0. The molecule has 7 heteroatoms. The second-order valence-corrected chi connectivity index (χ2v) is 7.54. The number of fused-ring (bicyclic) bond motifs is 1. The standard InChI is InChI=1S/C21H16BrN3O3/c1-11-3-5-15(7-12(11)2)25-20(27)17(19(26)24-21(25)28)8-13-10-23-18-6-4-14(22)9-16(13)18/h3-10,27H,1-2H3,(H,24,26,28)/b13-8+. The molecule has 0 radical (unpaired) electrons. The van der Waals surface area contributed by atoms with E-state index >= 15 is 0 Å². The number of benzene rings is 2. The van der Waals surface area contributed by atoms with Gasteiger partial charge in [-0.15, -0.1) is 0 Å². The monoisotopic (exact) mass is 437 g/mol. The van der Waals surface area contributed by atoms with Crippen LogP contribution in [0.3, 0.4) is 0 Å². The van der Waals surface area contributed by atoms with Gasteiger partial charge in [0.05, 0.1) is 11.4 Å². The number of nitrogens with zero attached hydrogens (tertiary/aromatic N) is 2. The molecular formula is C21H16BrN3O3. The van der Waals surface area contributed by atoms with Gasteiger partial charge in [-0.1, -0.05) is 22.0 Å². The van der Waals surface area contributed by atoms with Crippen molar-refractivity contribution >= 4 is 39.5 Å². The summed E-state index contributed by atoms with van der Waals surface area (Å²) in [6, 6.07) is 11.0. The molecule has 2 N–H and O–H groups in total. The summed E-state index contributed by atoms with van der Waals surface area (Å²) >= 11 is 3.43. The summed E-state index contributed by atoms with van der Waals surface area (Å²) in [6.07, 6.45) is 3.16. The van der Waals surface area contributed by atoms with Gasteiger partial charge in [0.2, 0.25) is 5.88 Å². The number of allylic oxidation sites excluding steroid dienone is 1. The van der Waals surface area contributed by atoms with Crippen LogP contribution in [-0.4, -0.2) is 20.9 Å². The van der Waals surface area contributed by atoms with Crippen LogP contribution in [0.2, 0.25) is 0 Å². The average Bonchev–Trinajstić information content (AvgIpc) is 3.03. The number of hydrogen-bond acceptors (Lipinski definition) is 4. The van der Waals surface area contributed by atoms with Crippen molar-refractivity contribution < 1.29 is 5.11 Å². The molecule has 0 saturated heterocycles. The van der Waals surface area contributed by atoms with E-state index in [0.29, 0.717) is 11.3 Å². The zero-order valence-electron chi connectivity index (χ0n) is 15.2. The molecule has 6 nitrogen and oxygen atoms in total. The number of rotatable bonds is 2. The van der Waals surface area contributed by atoms with E-state index < -0.39 is 17.1 Å². The van der Waals surface area contributed by atoms with Crippen LogP contribution in [0, 0.1) is 13.8 Å². The molecule has 1 aliphatic rings. The minimum absolute atomic E-state index is 0.00731. The highest BCUT2D eigenvalue weighted by molar-refractivity contribution is 9.10. The molecule has 0 unspecified atom stereocenters. The largest absolute Gasteiger partial charge is 0.494 e. The Morgan fingerprint density at radius 2 is 1.89 bits per heavy atom. The molecule has 0 fully saturated rings. The summed E-state index contributed by atoms with van der Waals surface area (Å²) in [7, 11) is 0. The van der Waals surface area contributed by atoms with Crippen molar-refractivity contribution in [2.45, 2.75) is 13.8 Å². The van der Waals surface area contributed by atoms with Gasteiger partial charge in [0.1, 0.15) is 5.56 Å². The third-order valence-electron chi connectivity index (χ3n) is 4.78. The van der Waals surface area contributed by atoms with Crippen LogP contribution in [0.15, 0.2) is 55.5 Å². The average molecular weight is 438 g/mol. The molecule has 2 aromatic carbocycles. The van der Waals surface area contributed by atoms with Gasteiger partial charge in [-0.05, 0) is 61.4 Å². The highest BCUT2D eigenvalue weighted by Crippen LogP contribution is 2.35. The first-order chi connectivity index (χ1) is 13.3. The Morgan fingerprint density at radius 1 is 1.11 bits per heavy atom. The van der Waals surface area contributed by atoms with Crippen molar-refractivity contribution in [3.63, 3.8) is 0 Å². The van der Waals surface area contributed by atoms with Gasteiger partial charge in [-0.25, -0.2) is 9.36 Å². The molecule has 0 aliphatic carbocycles. The molecule has 1 aromatic heterocycles. The van der Waals surface area contributed by atoms with Gasteiger partial charge in [0.25, 0.3) is 5.56 Å².